The normalized spacial score (nSPS) is 22.9. The maximum Gasteiger partial charge on any atom is 0.328 e. The van der Waals surface area contributed by atoms with E-state index >= 15 is 0 Å². The van der Waals surface area contributed by atoms with Gasteiger partial charge < -0.3 is 10.4 Å². The zero-order valence-corrected chi connectivity index (χ0v) is 13.0. The van der Waals surface area contributed by atoms with Gasteiger partial charge in [-0.3, -0.25) is 4.79 Å². The fourth-order valence-electron chi connectivity index (χ4n) is 2.61. The minimum Gasteiger partial charge on any atom is -0.478 e. The van der Waals surface area contributed by atoms with Crippen LogP contribution in [0.4, 0.5) is 0 Å². The largest absolute Gasteiger partial charge is 0.478 e. The molecule has 0 bridgehead atoms. The Morgan fingerprint density at radius 3 is 2.90 bits per heavy atom. The summed E-state index contributed by atoms with van der Waals surface area (Å²) in [5.41, 5.74) is 0.613. The van der Waals surface area contributed by atoms with E-state index in [1.165, 1.54) is 36.7 Å². The van der Waals surface area contributed by atoms with Crippen molar-refractivity contribution in [1.82, 2.24) is 5.32 Å². The molecule has 5 heteroatoms. The van der Waals surface area contributed by atoms with Crippen LogP contribution in [0.1, 0.15) is 54.3 Å². The average Bonchev–Trinajstić information content (AvgIpc) is 2.82. The highest BCUT2D eigenvalue weighted by Crippen LogP contribution is 2.23. The summed E-state index contributed by atoms with van der Waals surface area (Å²) in [7, 11) is 0. The third kappa shape index (κ3) is 5.01. The Balaban J connectivity index is 1.92. The highest BCUT2D eigenvalue weighted by Gasteiger charge is 2.19. The maximum absolute atomic E-state index is 12.2. The van der Waals surface area contributed by atoms with Gasteiger partial charge in [0.15, 0.2) is 0 Å². The molecule has 0 aromatic carbocycles. The van der Waals surface area contributed by atoms with Gasteiger partial charge in [-0.15, -0.1) is 11.3 Å². The number of hydrogen-bond acceptors (Lipinski definition) is 3. The molecule has 2 unspecified atom stereocenters. The summed E-state index contributed by atoms with van der Waals surface area (Å²) < 4.78 is 0. The summed E-state index contributed by atoms with van der Waals surface area (Å²) in [4.78, 5) is 23.5. The van der Waals surface area contributed by atoms with Crippen LogP contribution >= 0.6 is 11.3 Å². The number of thiophene rings is 1. The number of nitrogens with one attached hydrogen (secondary N) is 1. The van der Waals surface area contributed by atoms with E-state index in [1.54, 1.807) is 11.4 Å². The number of rotatable bonds is 4. The minimum absolute atomic E-state index is 0.0548. The summed E-state index contributed by atoms with van der Waals surface area (Å²) in [5.74, 6) is -0.288. The Morgan fingerprint density at radius 1 is 1.33 bits per heavy atom. The van der Waals surface area contributed by atoms with Gasteiger partial charge in [0, 0.05) is 22.4 Å². The van der Waals surface area contributed by atoms with Crippen molar-refractivity contribution in [2.45, 2.75) is 45.1 Å². The second-order valence-corrected chi connectivity index (χ2v) is 6.64. The first kappa shape index (κ1) is 15.8. The number of carboxylic acid groups (broad SMARTS) is 1. The third-order valence-corrected chi connectivity index (χ3v) is 4.76. The van der Waals surface area contributed by atoms with Gasteiger partial charge in [-0.05, 0) is 37.3 Å². The minimum atomic E-state index is -0.984. The number of hydrogen-bond donors (Lipinski definition) is 2. The van der Waals surface area contributed by atoms with Gasteiger partial charge in [-0.1, -0.05) is 19.8 Å². The third-order valence-electron chi connectivity index (χ3n) is 3.86. The summed E-state index contributed by atoms with van der Waals surface area (Å²) in [5, 5.41) is 13.5. The van der Waals surface area contributed by atoms with Crippen LogP contribution in [0, 0.1) is 5.92 Å². The lowest BCUT2D eigenvalue weighted by atomic mass is 10.0. The van der Waals surface area contributed by atoms with Crippen molar-refractivity contribution in [3.63, 3.8) is 0 Å². The first-order valence-electron chi connectivity index (χ1n) is 7.35. The number of carboxylic acids is 1. The van der Waals surface area contributed by atoms with E-state index in [4.69, 9.17) is 5.11 Å². The van der Waals surface area contributed by atoms with Crippen LogP contribution in [0.25, 0.3) is 6.08 Å². The molecule has 0 aliphatic heterocycles. The summed E-state index contributed by atoms with van der Waals surface area (Å²) >= 11 is 1.38. The number of aliphatic carboxylic acids is 1. The molecule has 1 aliphatic carbocycles. The van der Waals surface area contributed by atoms with Gasteiger partial charge in [-0.2, -0.15) is 0 Å². The Hall–Kier alpha value is -1.62. The predicted octanol–water partition coefficient (Wildman–Crippen LogP) is 3.54. The van der Waals surface area contributed by atoms with Crippen molar-refractivity contribution in [2.24, 2.45) is 5.92 Å². The standard InChI is InChI=1S/C16H21NO3S/c1-11-3-2-4-13(6-5-11)17-16(20)12-9-14(21-10-12)7-8-15(18)19/h7-11,13H,2-6H2,1H3,(H,17,20)(H,18,19)/b8-7+. The van der Waals surface area contributed by atoms with E-state index in [2.05, 4.69) is 12.2 Å². The van der Waals surface area contributed by atoms with E-state index in [1.807, 2.05) is 0 Å². The molecule has 2 N–H and O–H groups in total. The molecule has 0 spiro atoms. The Labute approximate surface area is 128 Å². The van der Waals surface area contributed by atoms with Crippen molar-refractivity contribution < 1.29 is 14.7 Å². The monoisotopic (exact) mass is 307 g/mol. The molecule has 0 radical (unpaired) electrons. The zero-order valence-electron chi connectivity index (χ0n) is 12.2. The van der Waals surface area contributed by atoms with E-state index < -0.39 is 5.97 Å². The second kappa shape index (κ2) is 7.41. The highest BCUT2D eigenvalue weighted by atomic mass is 32.1. The molecular weight excluding hydrogens is 286 g/mol. The fourth-order valence-corrected chi connectivity index (χ4v) is 3.39. The Morgan fingerprint density at radius 2 is 2.14 bits per heavy atom. The van der Waals surface area contributed by atoms with Crippen LogP contribution in [0.2, 0.25) is 0 Å². The molecular formula is C16H21NO3S. The van der Waals surface area contributed by atoms with E-state index in [9.17, 15) is 9.59 Å². The van der Waals surface area contributed by atoms with Gasteiger partial charge >= 0.3 is 5.97 Å². The lowest BCUT2D eigenvalue weighted by Gasteiger charge is -2.15. The summed E-state index contributed by atoms with van der Waals surface area (Å²) in [6.07, 6.45) is 8.27. The van der Waals surface area contributed by atoms with Gasteiger partial charge in [0.2, 0.25) is 0 Å². The quantitative estimate of drug-likeness (QED) is 0.660. The lowest BCUT2D eigenvalue weighted by Crippen LogP contribution is -2.34. The maximum atomic E-state index is 12.2. The molecule has 21 heavy (non-hydrogen) atoms. The average molecular weight is 307 g/mol. The first-order chi connectivity index (χ1) is 10.0. The molecule has 2 atom stereocenters. The lowest BCUT2D eigenvalue weighted by molar-refractivity contribution is -0.131. The zero-order chi connectivity index (χ0) is 15.2. The number of carbonyl (C=O) groups is 2. The molecule has 1 fully saturated rings. The van der Waals surface area contributed by atoms with E-state index in [0.29, 0.717) is 5.56 Å². The first-order valence-corrected chi connectivity index (χ1v) is 8.23. The summed E-state index contributed by atoms with van der Waals surface area (Å²) in [6.45, 7) is 2.27. The van der Waals surface area contributed by atoms with Crippen molar-refractivity contribution in [3.05, 3.63) is 28.0 Å². The van der Waals surface area contributed by atoms with Crippen molar-refractivity contribution in [2.75, 3.05) is 0 Å². The molecule has 4 nitrogen and oxygen atoms in total. The molecule has 1 saturated carbocycles. The molecule has 1 amide bonds. The molecule has 2 rings (SSSR count). The van der Waals surface area contributed by atoms with E-state index in [-0.39, 0.29) is 11.9 Å². The molecule has 1 aromatic heterocycles. The van der Waals surface area contributed by atoms with Crippen LogP contribution < -0.4 is 5.32 Å². The fraction of sp³-hybridized carbons (Fsp3) is 0.500. The van der Waals surface area contributed by atoms with Crippen LogP contribution in [0.3, 0.4) is 0 Å². The van der Waals surface area contributed by atoms with Gasteiger partial charge in [0.25, 0.3) is 5.91 Å². The van der Waals surface area contributed by atoms with Crippen LogP contribution in [0.15, 0.2) is 17.5 Å². The summed E-state index contributed by atoms with van der Waals surface area (Å²) in [6, 6.07) is 2.00. The SMILES string of the molecule is CC1CCCC(NC(=O)c2csc(/C=C/C(=O)O)c2)CC1. The molecule has 1 aliphatic rings. The molecule has 114 valence electrons. The van der Waals surface area contributed by atoms with Crippen molar-refractivity contribution in [3.8, 4) is 0 Å². The molecule has 1 aromatic rings. The smallest absolute Gasteiger partial charge is 0.328 e. The molecule has 1 heterocycles. The van der Waals surface area contributed by atoms with E-state index in [0.717, 1.165) is 29.7 Å². The Bertz CT molecular complexity index is 535. The van der Waals surface area contributed by atoms with Gasteiger partial charge in [0.05, 0.1) is 5.56 Å². The van der Waals surface area contributed by atoms with Crippen LogP contribution in [0.5, 0.6) is 0 Å². The Kier molecular flexibility index (Phi) is 5.56. The number of amides is 1. The van der Waals surface area contributed by atoms with Crippen molar-refractivity contribution in [1.29, 1.82) is 0 Å². The van der Waals surface area contributed by atoms with Crippen LogP contribution in [-0.2, 0) is 4.79 Å². The number of carbonyl (C=O) groups excluding carboxylic acids is 1. The predicted molar refractivity (Wildman–Crippen MR) is 84.5 cm³/mol. The van der Waals surface area contributed by atoms with Gasteiger partial charge in [0.1, 0.15) is 0 Å². The topological polar surface area (TPSA) is 66.4 Å². The van der Waals surface area contributed by atoms with Crippen molar-refractivity contribution >= 4 is 29.3 Å². The van der Waals surface area contributed by atoms with Gasteiger partial charge in [-0.25, -0.2) is 4.79 Å². The molecule has 0 saturated heterocycles. The van der Waals surface area contributed by atoms with Crippen LogP contribution in [-0.4, -0.2) is 23.0 Å². The second-order valence-electron chi connectivity index (χ2n) is 5.69. The highest BCUT2D eigenvalue weighted by molar-refractivity contribution is 7.11.